The number of hydrogen-bond acceptors (Lipinski definition) is 3. The smallest absolute Gasteiger partial charge is 0.221 e. The lowest BCUT2D eigenvalue weighted by Crippen LogP contribution is -2.47. The van der Waals surface area contributed by atoms with Crippen molar-refractivity contribution in [3.05, 3.63) is 0 Å². The summed E-state index contributed by atoms with van der Waals surface area (Å²) < 4.78 is 5.35. The summed E-state index contributed by atoms with van der Waals surface area (Å²) in [5, 5.41) is 6.49. The maximum absolute atomic E-state index is 11.9. The summed E-state index contributed by atoms with van der Waals surface area (Å²) in [6.07, 6.45) is 5.49. The Morgan fingerprint density at radius 1 is 1.41 bits per heavy atom. The topological polar surface area (TPSA) is 50.4 Å². The van der Waals surface area contributed by atoms with Gasteiger partial charge in [0.05, 0.1) is 13.2 Å². The highest BCUT2D eigenvalue weighted by molar-refractivity contribution is 5.77. The Morgan fingerprint density at radius 3 is 2.94 bits per heavy atom. The Morgan fingerprint density at radius 2 is 2.24 bits per heavy atom. The van der Waals surface area contributed by atoms with Crippen LogP contribution in [-0.4, -0.2) is 37.7 Å². The average molecular weight is 240 g/mol. The lowest BCUT2D eigenvalue weighted by molar-refractivity contribution is -0.123. The van der Waals surface area contributed by atoms with E-state index in [1.165, 1.54) is 19.3 Å². The van der Waals surface area contributed by atoms with E-state index < -0.39 is 0 Å². The Hall–Kier alpha value is -0.610. The summed E-state index contributed by atoms with van der Waals surface area (Å²) in [5.74, 6) is 0.801. The highest BCUT2D eigenvalue weighted by atomic mass is 16.5. The minimum Gasteiger partial charge on any atom is -0.378 e. The molecule has 3 unspecified atom stereocenters. The van der Waals surface area contributed by atoms with E-state index in [2.05, 4.69) is 17.6 Å². The molecule has 3 atom stereocenters. The fourth-order valence-corrected chi connectivity index (χ4v) is 2.77. The third-order valence-corrected chi connectivity index (χ3v) is 3.89. The average Bonchev–Trinajstić information content (AvgIpc) is 2.33. The molecule has 4 nitrogen and oxygen atoms in total. The van der Waals surface area contributed by atoms with E-state index in [1.54, 1.807) is 0 Å². The molecule has 2 fully saturated rings. The Kier molecular flexibility index (Phi) is 4.80. The number of rotatable bonds is 3. The fourth-order valence-electron chi connectivity index (χ4n) is 2.77. The van der Waals surface area contributed by atoms with Crippen LogP contribution in [0.2, 0.25) is 0 Å². The zero-order valence-corrected chi connectivity index (χ0v) is 10.7. The summed E-state index contributed by atoms with van der Waals surface area (Å²) in [6, 6.07) is 0.586. The van der Waals surface area contributed by atoms with Crippen LogP contribution < -0.4 is 10.6 Å². The molecule has 1 aliphatic carbocycles. The molecule has 4 heteroatoms. The van der Waals surface area contributed by atoms with Crippen LogP contribution in [-0.2, 0) is 9.53 Å². The van der Waals surface area contributed by atoms with Crippen LogP contribution >= 0.6 is 0 Å². The number of amides is 1. The molecule has 0 spiro atoms. The van der Waals surface area contributed by atoms with Crippen LogP contribution in [0.5, 0.6) is 0 Å². The highest BCUT2D eigenvalue weighted by Gasteiger charge is 2.24. The van der Waals surface area contributed by atoms with Gasteiger partial charge in [0.15, 0.2) is 0 Å². The molecule has 2 aliphatic rings. The monoisotopic (exact) mass is 240 g/mol. The van der Waals surface area contributed by atoms with Crippen LogP contribution in [0.25, 0.3) is 0 Å². The molecule has 98 valence electrons. The van der Waals surface area contributed by atoms with Crippen molar-refractivity contribution < 1.29 is 9.53 Å². The largest absolute Gasteiger partial charge is 0.378 e. The van der Waals surface area contributed by atoms with Crippen molar-refractivity contribution >= 4 is 5.91 Å². The van der Waals surface area contributed by atoms with Crippen LogP contribution in [0, 0.1) is 5.92 Å². The van der Waals surface area contributed by atoms with Crippen molar-refractivity contribution in [3.63, 3.8) is 0 Å². The Labute approximate surface area is 103 Å². The van der Waals surface area contributed by atoms with Gasteiger partial charge in [-0.25, -0.2) is 0 Å². The fraction of sp³-hybridized carbons (Fsp3) is 0.923. The van der Waals surface area contributed by atoms with E-state index in [-0.39, 0.29) is 11.9 Å². The van der Waals surface area contributed by atoms with Crippen molar-refractivity contribution in [1.29, 1.82) is 0 Å². The lowest BCUT2D eigenvalue weighted by Gasteiger charge is -2.30. The number of nitrogens with one attached hydrogen (secondary N) is 2. The van der Waals surface area contributed by atoms with Crippen LogP contribution in [0.4, 0.5) is 0 Å². The number of hydrogen-bond donors (Lipinski definition) is 2. The number of carbonyl (C=O) groups is 1. The molecule has 1 aliphatic heterocycles. The summed E-state index contributed by atoms with van der Waals surface area (Å²) in [5.41, 5.74) is 0. The first kappa shape index (κ1) is 12.8. The Bertz CT molecular complexity index is 252. The number of morpholine rings is 1. The second-order valence-electron chi connectivity index (χ2n) is 5.37. The summed E-state index contributed by atoms with van der Waals surface area (Å²) in [4.78, 5) is 11.9. The maximum atomic E-state index is 11.9. The SMILES string of the molecule is CC1CCCCC1NC(=O)CC1COCCN1. The van der Waals surface area contributed by atoms with Gasteiger partial charge in [-0.2, -0.15) is 0 Å². The zero-order valence-electron chi connectivity index (χ0n) is 10.7. The third kappa shape index (κ3) is 3.96. The molecule has 2 N–H and O–H groups in total. The van der Waals surface area contributed by atoms with Gasteiger partial charge in [-0.3, -0.25) is 4.79 Å². The molecule has 0 bridgehead atoms. The molecule has 17 heavy (non-hydrogen) atoms. The van der Waals surface area contributed by atoms with Crippen molar-refractivity contribution in [2.24, 2.45) is 5.92 Å². The standard InChI is InChI=1S/C13H24N2O2/c1-10-4-2-3-5-12(10)15-13(16)8-11-9-17-7-6-14-11/h10-12,14H,2-9H2,1H3,(H,15,16). The summed E-state index contributed by atoms with van der Waals surface area (Å²) in [6.45, 7) is 4.52. The zero-order chi connectivity index (χ0) is 12.1. The molecular weight excluding hydrogens is 216 g/mol. The van der Waals surface area contributed by atoms with Crippen LogP contribution in [0.3, 0.4) is 0 Å². The quantitative estimate of drug-likeness (QED) is 0.775. The van der Waals surface area contributed by atoms with Gasteiger partial charge in [-0.05, 0) is 18.8 Å². The lowest BCUT2D eigenvalue weighted by atomic mass is 9.86. The molecule has 2 rings (SSSR count). The highest BCUT2D eigenvalue weighted by Crippen LogP contribution is 2.23. The van der Waals surface area contributed by atoms with E-state index in [4.69, 9.17) is 4.74 Å². The maximum Gasteiger partial charge on any atom is 0.221 e. The van der Waals surface area contributed by atoms with Crippen LogP contribution in [0.15, 0.2) is 0 Å². The van der Waals surface area contributed by atoms with Crippen molar-refractivity contribution in [2.45, 2.75) is 51.1 Å². The van der Waals surface area contributed by atoms with E-state index in [9.17, 15) is 4.79 Å². The van der Waals surface area contributed by atoms with Gasteiger partial charge in [0.1, 0.15) is 0 Å². The van der Waals surface area contributed by atoms with Gasteiger partial charge in [-0.15, -0.1) is 0 Å². The first-order chi connectivity index (χ1) is 8.25. The predicted molar refractivity (Wildman–Crippen MR) is 66.8 cm³/mol. The minimum absolute atomic E-state index is 0.173. The first-order valence-electron chi connectivity index (χ1n) is 6.86. The van der Waals surface area contributed by atoms with Gasteiger partial charge >= 0.3 is 0 Å². The molecule has 0 radical (unpaired) electrons. The van der Waals surface area contributed by atoms with Gasteiger partial charge in [0.25, 0.3) is 0 Å². The summed E-state index contributed by atoms with van der Waals surface area (Å²) in [7, 11) is 0. The van der Waals surface area contributed by atoms with Gasteiger partial charge in [0.2, 0.25) is 5.91 Å². The van der Waals surface area contributed by atoms with Gasteiger partial charge in [-0.1, -0.05) is 19.8 Å². The molecule has 1 heterocycles. The Balaban J connectivity index is 1.72. The second kappa shape index (κ2) is 6.36. The molecule has 0 aromatic carbocycles. The van der Waals surface area contributed by atoms with Crippen molar-refractivity contribution in [1.82, 2.24) is 10.6 Å². The third-order valence-electron chi connectivity index (χ3n) is 3.89. The molecule has 0 aromatic heterocycles. The van der Waals surface area contributed by atoms with E-state index >= 15 is 0 Å². The molecule has 1 saturated carbocycles. The van der Waals surface area contributed by atoms with E-state index in [0.29, 0.717) is 25.0 Å². The number of carbonyl (C=O) groups excluding carboxylic acids is 1. The molecule has 1 amide bonds. The first-order valence-corrected chi connectivity index (χ1v) is 6.86. The normalized spacial score (nSPS) is 34.3. The summed E-state index contributed by atoms with van der Waals surface area (Å²) >= 11 is 0. The van der Waals surface area contributed by atoms with Crippen molar-refractivity contribution in [3.8, 4) is 0 Å². The molecule has 1 saturated heterocycles. The van der Waals surface area contributed by atoms with E-state index in [0.717, 1.165) is 19.6 Å². The predicted octanol–water partition coefficient (Wildman–Crippen LogP) is 1.06. The van der Waals surface area contributed by atoms with Gasteiger partial charge in [0, 0.05) is 25.0 Å². The van der Waals surface area contributed by atoms with Gasteiger partial charge < -0.3 is 15.4 Å². The van der Waals surface area contributed by atoms with Crippen molar-refractivity contribution in [2.75, 3.05) is 19.8 Å². The molecular formula is C13H24N2O2. The number of ether oxygens (including phenoxy) is 1. The van der Waals surface area contributed by atoms with E-state index in [1.807, 2.05) is 0 Å². The minimum atomic E-state index is 0.173. The van der Waals surface area contributed by atoms with Crippen LogP contribution in [0.1, 0.15) is 39.0 Å². The second-order valence-corrected chi connectivity index (χ2v) is 5.37. The molecule has 0 aromatic rings.